The molecular weight excluding hydrogens is 264 g/mol. The van der Waals surface area contributed by atoms with Crippen molar-refractivity contribution in [2.24, 2.45) is 0 Å². The molecule has 0 unspecified atom stereocenters. The average molecular weight is 284 g/mol. The predicted octanol–water partition coefficient (Wildman–Crippen LogP) is 3.20. The van der Waals surface area contributed by atoms with Crippen LogP contribution in [-0.4, -0.2) is 21.7 Å². The van der Waals surface area contributed by atoms with Gasteiger partial charge in [0.1, 0.15) is 0 Å². The van der Waals surface area contributed by atoms with E-state index in [4.69, 9.17) is 10.8 Å². The highest BCUT2D eigenvalue weighted by atomic mass is 16.2. The molecule has 0 aliphatic heterocycles. The number of aryl methyl sites for hydroxylation is 1. The van der Waals surface area contributed by atoms with E-state index in [2.05, 4.69) is 33.5 Å². The summed E-state index contributed by atoms with van der Waals surface area (Å²) in [5, 5.41) is 12.0. The summed E-state index contributed by atoms with van der Waals surface area (Å²) in [5.41, 5.74) is 10.7. The van der Waals surface area contributed by atoms with Crippen LogP contribution in [0.3, 0.4) is 0 Å². The zero-order chi connectivity index (χ0) is 15.2. The number of H-pyrrole nitrogens is 1. The van der Waals surface area contributed by atoms with Gasteiger partial charge < -0.3 is 21.1 Å². The van der Waals surface area contributed by atoms with Crippen molar-refractivity contribution in [1.29, 1.82) is 0 Å². The third-order valence-corrected chi connectivity index (χ3v) is 2.89. The molecule has 110 valence electrons. The van der Waals surface area contributed by atoms with Crippen molar-refractivity contribution in [3.05, 3.63) is 48.4 Å². The first-order chi connectivity index (χ1) is 10.1. The first-order valence-electron chi connectivity index (χ1n) is 6.80. The van der Waals surface area contributed by atoms with Gasteiger partial charge in [-0.2, -0.15) is 0 Å². The number of aromatic amines is 1. The van der Waals surface area contributed by atoms with Gasteiger partial charge in [-0.3, -0.25) is 4.98 Å². The number of aliphatic hydroxyl groups is 1. The number of benzene rings is 1. The predicted molar refractivity (Wildman–Crippen MR) is 87.7 cm³/mol. The Kier molecular flexibility index (Phi) is 4.79. The zero-order valence-corrected chi connectivity index (χ0v) is 12.2. The number of hydrogen-bond acceptors (Lipinski definition) is 4. The third-order valence-electron chi connectivity index (χ3n) is 2.89. The van der Waals surface area contributed by atoms with Crippen LogP contribution in [0, 0.1) is 6.92 Å². The lowest BCUT2D eigenvalue weighted by Gasteiger charge is -2.08. The minimum absolute atomic E-state index is 0.250. The van der Waals surface area contributed by atoms with Crippen LogP contribution in [0.5, 0.6) is 0 Å². The van der Waals surface area contributed by atoms with Gasteiger partial charge in [0.2, 0.25) is 0 Å². The van der Waals surface area contributed by atoms with Crippen LogP contribution in [0.2, 0.25) is 0 Å². The van der Waals surface area contributed by atoms with E-state index in [-0.39, 0.29) is 6.61 Å². The summed E-state index contributed by atoms with van der Waals surface area (Å²) in [5.74, 6) is 0. The molecule has 21 heavy (non-hydrogen) atoms. The van der Waals surface area contributed by atoms with Crippen molar-refractivity contribution in [2.75, 3.05) is 17.7 Å². The maximum absolute atomic E-state index is 7.57. The second kappa shape index (κ2) is 6.76. The lowest BCUT2D eigenvalue weighted by molar-refractivity contribution is 0.318. The van der Waals surface area contributed by atoms with Crippen molar-refractivity contribution in [3.63, 3.8) is 0 Å². The second-order valence-electron chi connectivity index (χ2n) is 4.66. The monoisotopic (exact) mass is 284 g/mol. The van der Waals surface area contributed by atoms with Crippen LogP contribution in [0.25, 0.3) is 10.9 Å². The molecule has 1 aromatic carbocycles. The number of nitrogens with two attached hydrogens (primary N) is 1. The van der Waals surface area contributed by atoms with E-state index in [0.717, 1.165) is 22.6 Å². The van der Waals surface area contributed by atoms with Gasteiger partial charge in [0, 0.05) is 35.1 Å². The Labute approximate surface area is 123 Å². The Bertz CT molecular complexity index is 721. The summed E-state index contributed by atoms with van der Waals surface area (Å²) < 4.78 is 0. The smallest absolute Gasteiger partial charge is 0.0804 e. The van der Waals surface area contributed by atoms with Gasteiger partial charge in [0.15, 0.2) is 0 Å². The van der Waals surface area contributed by atoms with Gasteiger partial charge in [0.05, 0.1) is 17.6 Å². The molecule has 0 fully saturated rings. The molecule has 5 nitrogen and oxygen atoms in total. The van der Waals surface area contributed by atoms with Crippen molar-refractivity contribution in [3.8, 4) is 0 Å². The number of nitrogen functional groups attached to an aromatic ring is 1. The Morgan fingerprint density at radius 2 is 2.05 bits per heavy atom. The lowest BCUT2D eigenvalue weighted by Crippen LogP contribution is -1.96. The molecule has 0 saturated carbocycles. The average Bonchev–Trinajstić information content (AvgIpc) is 2.82. The number of rotatable bonds is 2. The van der Waals surface area contributed by atoms with Crippen LogP contribution in [0.1, 0.15) is 12.6 Å². The number of nitrogens with zero attached hydrogens (tertiary/aromatic N) is 1. The topological polar surface area (TPSA) is 87.0 Å². The van der Waals surface area contributed by atoms with E-state index in [1.54, 1.807) is 25.4 Å². The molecule has 0 saturated heterocycles. The van der Waals surface area contributed by atoms with Crippen molar-refractivity contribution >= 4 is 28.0 Å². The SMILES string of the molecule is CCO.Cc1cc2cc(Nc3cnccc3N)ccc2[nH]1. The van der Waals surface area contributed by atoms with E-state index in [1.807, 2.05) is 13.0 Å². The summed E-state index contributed by atoms with van der Waals surface area (Å²) >= 11 is 0. The van der Waals surface area contributed by atoms with Gasteiger partial charge in [-0.25, -0.2) is 0 Å². The minimum atomic E-state index is 0.250. The van der Waals surface area contributed by atoms with E-state index in [0.29, 0.717) is 5.69 Å². The van der Waals surface area contributed by atoms with Crippen LogP contribution < -0.4 is 11.1 Å². The molecule has 0 aliphatic carbocycles. The summed E-state index contributed by atoms with van der Waals surface area (Å²) in [6.07, 6.45) is 3.40. The molecule has 0 spiro atoms. The number of anilines is 3. The van der Waals surface area contributed by atoms with Gasteiger partial charge in [0.25, 0.3) is 0 Å². The molecule has 0 radical (unpaired) electrons. The van der Waals surface area contributed by atoms with Crippen LogP contribution in [0.4, 0.5) is 17.1 Å². The molecule has 0 atom stereocenters. The maximum Gasteiger partial charge on any atom is 0.0804 e. The summed E-state index contributed by atoms with van der Waals surface area (Å²) in [6.45, 7) is 3.98. The first-order valence-corrected chi connectivity index (χ1v) is 6.80. The fourth-order valence-corrected chi connectivity index (χ4v) is 2.02. The third kappa shape index (κ3) is 3.73. The number of fused-ring (bicyclic) bond motifs is 1. The van der Waals surface area contributed by atoms with Crippen LogP contribution in [-0.2, 0) is 0 Å². The molecule has 3 rings (SSSR count). The summed E-state index contributed by atoms with van der Waals surface area (Å²) in [6, 6.07) is 10.1. The highest BCUT2D eigenvalue weighted by Crippen LogP contribution is 2.25. The van der Waals surface area contributed by atoms with E-state index in [9.17, 15) is 0 Å². The Balaban J connectivity index is 0.000000497. The number of aliphatic hydroxyl groups excluding tert-OH is 1. The Hall–Kier alpha value is -2.53. The van der Waals surface area contributed by atoms with E-state index < -0.39 is 0 Å². The number of pyridine rings is 1. The number of aromatic nitrogens is 2. The standard InChI is InChI=1S/C14H14N4.C2H6O/c1-9-6-10-7-11(2-3-13(10)17-9)18-14-8-16-5-4-12(14)15;1-2-3/h2-8,17-18H,1H3,(H2,15,16);3H,2H2,1H3. The molecule has 0 bridgehead atoms. The second-order valence-corrected chi connectivity index (χ2v) is 4.66. The Morgan fingerprint density at radius 3 is 2.76 bits per heavy atom. The van der Waals surface area contributed by atoms with E-state index >= 15 is 0 Å². The van der Waals surface area contributed by atoms with Crippen molar-refractivity contribution < 1.29 is 5.11 Å². The van der Waals surface area contributed by atoms with E-state index in [1.165, 1.54) is 5.39 Å². The highest BCUT2D eigenvalue weighted by molar-refractivity contribution is 5.85. The normalized spacial score (nSPS) is 10.0. The fourth-order valence-electron chi connectivity index (χ4n) is 2.02. The zero-order valence-electron chi connectivity index (χ0n) is 12.2. The van der Waals surface area contributed by atoms with Crippen molar-refractivity contribution in [2.45, 2.75) is 13.8 Å². The first kappa shape index (κ1) is 14.9. The van der Waals surface area contributed by atoms with Gasteiger partial charge in [-0.05, 0) is 44.2 Å². The largest absolute Gasteiger partial charge is 0.397 e. The van der Waals surface area contributed by atoms with Gasteiger partial charge >= 0.3 is 0 Å². The molecule has 0 aliphatic rings. The molecule has 5 N–H and O–H groups in total. The van der Waals surface area contributed by atoms with Crippen molar-refractivity contribution in [1.82, 2.24) is 9.97 Å². The van der Waals surface area contributed by atoms with Crippen LogP contribution in [0.15, 0.2) is 42.7 Å². The van der Waals surface area contributed by atoms with Gasteiger partial charge in [-0.15, -0.1) is 0 Å². The lowest BCUT2D eigenvalue weighted by atomic mass is 10.2. The maximum atomic E-state index is 7.57. The fraction of sp³-hybridized carbons (Fsp3) is 0.188. The van der Waals surface area contributed by atoms with Gasteiger partial charge in [-0.1, -0.05) is 0 Å². The van der Waals surface area contributed by atoms with Crippen LogP contribution >= 0.6 is 0 Å². The molecule has 5 heteroatoms. The molecule has 2 heterocycles. The Morgan fingerprint density at radius 1 is 1.29 bits per heavy atom. The molecule has 0 amide bonds. The number of nitrogens with one attached hydrogen (secondary N) is 2. The quantitative estimate of drug-likeness (QED) is 0.582. The molecular formula is C16H20N4O. The molecule has 2 aromatic heterocycles. The summed E-state index contributed by atoms with van der Waals surface area (Å²) in [4.78, 5) is 7.36. The highest BCUT2D eigenvalue weighted by Gasteiger charge is 2.02. The number of hydrogen-bond donors (Lipinski definition) is 4. The molecule has 3 aromatic rings. The summed E-state index contributed by atoms with van der Waals surface area (Å²) in [7, 11) is 0. The minimum Gasteiger partial charge on any atom is -0.397 e.